The summed E-state index contributed by atoms with van der Waals surface area (Å²) in [6.07, 6.45) is 5.74. The van der Waals surface area contributed by atoms with Crippen LogP contribution in [-0.2, 0) is 4.74 Å². The van der Waals surface area contributed by atoms with Gasteiger partial charge in [0.05, 0.1) is 12.6 Å². The van der Waals surface area contributed by atoms with Crippen molar-refractivity contribution in [2.45, 2.75) is 32.7 Å². The van der Waals surface area contributed by atoms with Crippen LogP contribution in [0.2, 0.25) is 0 Å². The number of aryl methyl sites for hydroxylation is 1. The Morgan fingerprint density at radius 3 is 3.00 bits per heavy atom. The molecule has 2 aromatic rings. The van der Waals surface area contributed by atoms with Gasteiger partial charge in [-0.2, -0.15) is 0 Å². The van der Waals surface area contributed by atoms with Gasteiger partial charge < -0.3 is 10.1 Å². The van der Waals surface area contributed by atoms with Crippen molar-refractivity contribution < 1.29 is 4.74 Å². The predicted octanol–water partition coefficient (Wildman–Crippen LogP) is 1.66. The van der Waals surface area contributed by atoms with Gasteiger partial charge in [-0.15, -0.1) is 10.2 Å². The molecule has 0 aliphatic rings. The Bertz CT molecular complexity index is 504. The first-order valence-electron chi connectivity index (χ1n) is 6.18. The molecule has 0 saturated carbocycles. The minimum Gasteiger partial charge on any atom is -0.383 e. The van der Waals surface area contributed by atoms with Gasteiger partial charge in [-0.05, 0) is 13.3 Å². The lowest BCUT2D eigenvalue weighted by Crippen LogP contribution is -2.25. The third-order valence-corrected chi connectivity index (χ3v) is 2.84. The molecule has 6 heteroatoms. The molecule has 0 amide bonds. The normalized spacial score (nSPS) is 12.8. The largest absolute Gasteiger partial charge is 0.383 e. The van der Waals surface area contributed by atoms with Crippen LogP contribution in [-0.4, -0.2) is 39.3 Å². The Hall–Kier alpha value is -1.69. The molecule has 0 aromatic carbocycles. The molecule has 0 saturated heterocycles. The number of rotatable bonds is 6. The summed E-state index contributed by atoms with van der Waals surface area (Å²) >= 11 is 0. The molecule has 0 radical (unpaired) electrons. The zero-order valence-electron chi connectivity index (χ0n) is 11.1. The zero-order chi connectivity index (χ0) is 13.0. The van der Waals surface area contributed by atoms with Crippen molar-refractivity contribution in [3.63, 3.8) is 0 Å². The number of fused-ring (bicyclic) bond motifs is 1. The molecule has 98 valence electrons. The van der Waals surface area contributed by atoms with Crippen molar-refractivity contribution in [1.82, 2.24) is 19.6 Å². The number of ether oxygens (including phenoxy) is 1. The van der Waals surface area contributed by atoms with Crippen LogP contribution in [0.4, 0.5) is 5.82 Å². The highest BCUT2D eigenvalue weighted by atomic mass is 16.5. The third-order valence-electron chi connectivity index (χ3n) is 2.84. The van der Waals surface area contributed by atoms with Gasteiger partial charge in [-0.25, -0.2) is 4.98 Å². The van der Waals surface area contributed by atoms with E-state index in [1.807, 2.05) is 17.5 Å². The second-order valence-corrected chi connectivity index (χ2v) is 4.30. The fourth-order valence-electron chi connectivity index (χ4n) is 1.98. The minimum atomic E-state index is 0.246. The predicted molar refractivity (Wildman–Crippen MR) is 69.7 cm³/mol. The molecule has 18 heavy (non-hydrogen) atoms. The molecule has 1 atom stereocenters. The van der Waals surface area contributed by atoms with Crippen molar-refractivity contribution in [2.24, 2.45) is 0 Å². The van der Waals surface area contributed by atoms with Gasteiger partial charge in [0.1, 0.15) is 5.82 Å². The van der Waals surface area contributed by atoms with E-state index < -0.39 is 0 Å². The maximum absolute atomic E-state index is 5.21. The monoisotopic (exact) mass is 249 g/mol. The van der Waals surface area contributed by atoms with Gasteiger partial charge in [0.25, 0.3) is 0 Å². The van der Waals surface area contributed by atoms with Crippen LogP contribution in [0.25, 0.3) is 5.65 Å². The highest BCUT2D eigenvalue weighted by Crippen LogP contribution is 2.14. The molecule has 0 bridgehead atoms. The molecule has 6 nitrogen and oxygen atoms in total. The van der Waals surface area contributed by atoms with Crippen molar-refractivity contribution in [3.05, 3.63) is 18.2 Å². The van der Waals surface area contributed by atoms with E-state index in [9.17, 15) is 0 Å². The number of hydrogen-bond donors (Lipinski definition) is 1. The van der Waals surface area contributed by atoms with Crippen LogP contribution in [0, 0.1) is 6.92 Å². The van der Waals surface area contributed by atoms with Gasteiger partial charge in [0.2, 0.25) is 5.65 Å². The summed E-state index contributed by atoms with van der Waals surface area (Å²) in [5.41, 5.74) is 0.757. The number of anilines is 1. The first kappa shape index (κ1) is 12.8. The summed E-state index contributed by atoms with van der Waals surface area (Å²) in [6, 6.07) is 0.246. The summed E-state index contributed by atoms with van der Waals surface area (Å²) in [4.78, 5) is 4.33. The van der Waals surface area contributed by atoms with E-state index in [2.05, 4.69) is 27.4 Å². The Kier molecular flexibility index (Phi) is 4.09. The van der Waals surface area contributed by atoms with Crippen LogP contribution >= 0.6 is 0 Å². The fraction of sp³-hybridized carbons (Fsp3) is 0.583. The smallest absolute Gasteiger partial charge is 0.203 e. The summed E-state index contributed by atoms with van der Waals surface area (Å²) in [6.45, 7) is 4.73. The molecule has 1 unspecified atom stereocenters. The topological polar surface area (TPSA) is 64.3 Å². The lowest BCUT2D eigenvalue weighted by atomic mass is 10.2. The van der Waals surface area contributed by atoms with Crippen molar-refractivity contribution in [2.75, 3.05) is 19.0 Å². The number of aromatic nitrogens is 4. The first-order valence-corrected chi connectivity index (χ1v) is 6.18. The summed E-state index contributed by atoms with van der Waals surface area (Å²) in [5.74, 6) is 1.61. The van der Waals surface area contributed by atoms with E-state index in [1.54, 1.807) is 13.3 Å². The Balaban J connectivity index is 2.24. The van der Waals surface area contributed by atoms with Crippen LogP contribution in [0.1, 0.15) is 25.6 Å². The maximum Gasteiger partial charge on any atom is 0.203 e. The summed E-state index contributed by atoms with van der Waals surface area (Å²) in [7, 11) is 1.71. The Labute approximate surface area is 106 Å². The molecule has 0 fully saturated rings. The third kappa shape index (κ3) is 2.59. The Morgan fingerprint density at radius 1 is 1.44 bits per heavy atom. The SMILES string of the molecule is CCCC(COC)Nc1nccn2c(C)nnc12. The highest BCUT2D eigenvalue weighted by molar-refractivity contribution is 5.62. The molecular weight excluding hydrogens is 230 g/mol. The maximum atomic E-state index is 5.21. The van der Waals surface area contributed by atoms with Crippen molar-refractivity contribution >= 4 is 11.5 Å². The lowest BCUT2D eigenvalue weighted by molar-refractivity contribution is 0.182. The summed E-state index contributed by atoms with van der Waals surface area (Å²) < 4.78 is 7.13. The van der Waals surface area contributed by atoms with Crippen LogP contribution in [0.5, 0.6) is 0 Å². The van der Waals surface area contributed by atoms with Crippen LogP contribution in [0.3, 0.4) is 0 Å². The molecule has 0 spiro atoms. The molecule has 2 aromatic heterocycles. The number of hydrogen-bond acceptors (Lipinski definition) is 5. The van der Waals surface area contributed by atoms with Crippen molar-refractivity contribution in [3.8, 4) is 0 Å². The first-order chi connectivity index (χ1) is 8.76. The van der Waals surface area contributed by atoms with Gasteiger partial charge >= 0.3 is 0 Å². The fourth-order valence-corrected chi connectivity index (χ4v) is 1.98. The van der Waals surface area contributed by atoms with Gasteiger partial charge in [0.15, 0.2) is 5.82 Å². The van der Waals surface area contributed by atoms with Gasteiger partial charge in [0, 0.05) is 19.5 Å². The molecular formula is C12H19N5O. The number of nitrogens with zero attached hydrogens (tertiary/aromatic N) is 4. The van der Waals surface area contributed by atoms with Gasteiger partial charge in [-0.3, -0.25) is 4.40 Å². The minimum absolute atomic E-state index is 0.246. The van der Waals surface area contributed by atoms with Crippen LogP contribution in [0.15, 0.2) is 12.4 Å². The van der Waals surface area contributed by atoms with Crippen LogP contribution < -0.4 is 5.32 Å². The van der Waals surface area contributed by atoms with E-state index in [1.165, 1.54) is 0 Å². The van der Waals surface area contributed by atoms with Crippen molar-refractivity contribution in [1.29, 1.82) is 0 Å². The van der Waals surface area contributed by atoms with E-state index in [0.717, 1.165) is 30.1 Å². The molecule has 1 N–H and O–H groups in total. The molecule has 2 heterocycles. The summed E-state index contributed by atoms with van der Waals surface area (Å²) in [5, 5.41) is 11.6. The number of methoxy groups -OCH3 is 1. The lowest BCUT2D eigenvalue weighted by Gasteiger charge is -2.17. The number of nitrogens with one attached hydrogen (secondary N) is 1. The highest BCUT2D eigenvalue weighted by Gasteiger charge is 2.12. The molecule has 0 aliphatic heterocycles. The average molecular weight is 249 g/mol. The second kappa shape index (κ2) is 5.77. The quantitative estimate of drug-likeness (QED) is 0.843. The average Bonchev–Trinajstić information content (AvgIpc) is 2.73. The molecule has 0 aliphatic carbocycles. The van der Waals surface area contributed by atoms with E-state index in [4.69, 9.17) is 4.74 Å². The van der Waals surface area contributed by atoms with Gasteiger partial charge in [-0.1, -0.05) is 13.3 Å². The Morgan fingerprint density at radius 2 is 2.28 bits per heavy atom. The standard InChI is InChI=1S/C12H19N5O/c1-4-5-10(8-18-3)14-11-12-16-15-9(2)17(12)7-6-13-11/h6-7,10H,4-5,8H2,1-3H3,(H,13,14). The van der Waals surface area contributed by atoms with E-state index in [-0.39, 0.29) is 6.04 Å². The van der Waals surface area contributed by atoms with E-state index in [0.29, 0.717) is 6.61 Å². The van der Waals surface area contributed by atoms with E-state index >= 15 is 0 Å². The molecule has 2 rings (SSSR count). The zero-order valence-corrected chi connectivity index (χ0v) is 11.1. The second-order valence-electron chi connectivity index (χ2n) is 4.30.